The molecular weight excluding hydrogens is 364 g/mol. The van der Waals surface area contributed by atoms with Crippen molar-refractivity contribution in [1.29, 1.82) is 0 Å². The van der Waals surface area contributed by atoms with Crippen molar-refractivity contribution < 1.29 is 9.59 Å². The molecule has 1 aliphatic rings. The number of rotatable bonds is 7. The fourth-order valence-electron chi connectivity index (χ4n) is 3.75. The summed E-state index contributed by atoms with van der Waals surface area (Å²) in [7, 11) is 0. The van der Waals surface area contributed by atoms with Gasteiger partial charge in [0, 0.05) is 19.6 Å². The number of benzene rings is 2. The molecular formula is C23H30N4O2. The van der Waals surface area contributed by atoms with E-state index in [1.165, 1.54) is 0 Å². The quantitative estimate of drug-likeness (QED) is 0.668. The Morgan fingerprint density at radius 1 is 1.17 bits per heavy atom. The van der Waals surface area contributed by atoms with E-state index in [-0.39, 0.29) is 17.7 Å². The van der Waals surface area contributed by atoms with Gasteiger partial charge >= 0.3 is 0 Å². The molecule has 0 saturated carbocycles. The number of nitrogens with zero attached hydrogens (tertiary/aromatic N) is 1. The lowest BCUT2D eigenvalue weighted by molar-refractivity contribution is -0.124. The zero-order valence-electron chi connectivity index (χ0n) is 16.9. The summed E-state index contributed by atoms with van der Waals surface area (Å²) in [6, 6.07) is 15.1. The van der Waals surface area contributed by atoms with Gasteiger partial charge in [0.15, 0.2) is 0 Å². The highest BCUT2D eigenvalue weighted by Gasteiger charge is 2.23. The van der Waals surface area contributed by atoms with Gasteiger partial charge in [0.1, 0.15) is 6.04 Å². The third-order valence-corrected chi connectivity index (χ3v) is 5.49. The molecule has 0 spiro atoms. The van der Waals surface area contributed by atoms with E-state index in [0.717, 1.165) is 48.2 Å². The van der Waals surface area contributed by atoms with Crippen LogP contribution in [0, 0.1) is 12.8 Å². The van der Waals surface area contributed by atoms with Gasteiger partial charge in [-0.05, 0) is 43.0 Å². The molecule has 0 aliphatic carbocycles. The number of amides is 2. The number of nitrogens with two attached hydrogens (primary N) is 2. The Morgan fingerprint density at radius 2 is 1.90 bits per heavy atom. The van der Waals surface area contributed by atoms with Crippen molar-refractivity contribution in [3.8, 4) is 0 Å². The summed E-state index contributed by atoms with van der Waals surface area (Å²) in [5.74, 6) is -0.467. The lowest BCUT2D eigenvalue weighted by Gasteiger charge is -2.31. The van der Waals surface area contributed by atoms with E-state index in [0.29, 0.717) is 13.1 Å². The van der Waals surface area contributed by atoms with Crippen LogP contribution in [0.1, 0.15) is 41.1 Å². The Bertz CT molecular complexity index is 850. The van der Waals surface area contributed by atoms with Crippen LogP contribution in [-0.2, 0) is 22.7 Å². The second kappa shape index (κ2) is 9.67. The highest BCUT2D eigenvalue weighted by Crippen LogP contribution is 2.19. The number of likely N-dealkylation sites (tertiary alicyclic amines) is 1. The number of aryl methyl sites for hydroxylation is 1. The van der Waals surface area contributed by atoms with Crippen LogP contribution in [0.5, 0.6) is 0 Å². The molecule has 6 nitrogen and oxygen atoms in total. The van der Waals surface area contributed by atoms with Crippen molar-refractivity contribution in [3.05, 3.63) is 70.8 Å². The molecule has 5 N–H and O–H groups in total. The molecule has 6 heteroatoms. The summed E-state index contributed by atoms with van der Waals surface area (Å²) in [4.78, 5) is 26.2. The van der Waals surface area contributed by atoms with Crippen molar-refractivity contribution in [2.24, 2.45) is 17.4 Å². The molecule has 2 atom stereocenters. The summed E-state index contributed by atoms with van der Waals surface area (Å²) >= 11 is 0. The third kappa shape index (κ3) is 5.89. The average Bonchev–Trinajstić information content (AvgIpc) is 2.72. The normalized spacial score (nSPS) is 18.2. The minimum Gasteiger partial charge on any atom is -0.369 e. The maximum absolute atomic E-state index is 12.4. The Balaban J connectivity index is 1.55. The average molecular weight is 395 g/mol. The van der Waals surface area contributed by atoms with E-state index in [4.69, 9.17) is 11.5 Å². The van der Waals surface area contributed by atoms with Crippen LogP contribution < -0.4 is 16.8 Å². The van der Waals surface area contributed by atoms with Gasteiger partial charge < -0.3 is 16.8 Å². The Kier molecular flexibility index (Phi) is 7.01. The molecule has 3 rings (SSSR count). The topological polar surface area (TPSA) is 101 Å². The van der Waals surface area contributed by atoms with E-state index in [9.17, 15) is 9.59 Å². The molecule has 1 saturated heterocycles. The van der Waals surface area contributed by atoms with Gasteiger partial charge in [0.2, 0.25) is 11.8 Å². The summed E-state index contributed by atoms with van der Waals surface area (Å²) in [5.41, 5.74) is 15.7. The smallest absolute Gasteiger partial charge is 0.241 e. The number of primary amides is 1. The SMILES string of the molecule is Cc1ccc(C(N)C(=O)NCc2cccc(CN3CCCC(C(N)=O)C3)c2)cc1. The number of nitrogens with one attached hydrogen (secondary N) is 1. The number of hydrogen-bond acceptors (Lipinski definition) is 4. The van der Waals surface area contributed by atoms with Gasteiger partial charge in [-0.15, -0.1) is 0 Å². The zero-order valence-corrected chi connectivity index (χ0v) is 16.9. The first kappa shape index (κ1) is 21.0. The fourth-order valence-corrected chi connectivity index (χ4v) is 3.75. The van der Waals surface area contributed by atoms with Gasteiger partial charge in [-0.25, -0.2) is 0 Å². The van der Waals surface area contributed by atoms with Crippen molar-refractivity contribution in [1.82, 2.24) is 10.2 Å². The van der Waals surface area contributed by atoms with Crippen LogP contribution in [0.25, 0.3) is 0 Å². The minimum atomic E-state index is -0.683. The van der Waals surface area contributed by atoms with Crippen molar-refractivity contribution in [2.75, 3.05) is 13.1 Å². The number of hydrogen-bond donors (Lipinski definition) is 3. The largest absolute Gasteiger partial charge is 0.369 e. The number of carbonyl (C=O) groups is 2. The predicted octanol–water partition coefficient (Wildman–Crippen LogP) is 2.01. The maximum Gasteiger partial charge on any atom is 0.241 e. The zero-order chi connectivity index (χ0) is 20.8. The molecule has 1 aliphatic heterocycles. The summed E-state index contributed by atoms with van der Waals surface area (Å²) in [6.45, 7) is 4.88. The molecule has 1 fully saturated rings. The van der Waals surface area contributed by atoms with Crippen molar-refractivity contribution >= 4 is 11.8 Å². The first-order chi connectivity index (χ1) is 13.9. The van der Waals surface area contributed by atoms with Gasteiger partial charge in [-0.1, -0.05) is 54.1 Å². The number of piperidine rings is 1. The first-order valence-corrected chi connectivity index (χ1v) is 10.1. The van der Waals surface area contributed by atoms with Crippen LogP contribution in [0.15, 0.2) is 48.5 Å². The highest BCUT2D eigenvalue weighted by molar-refractivity contribution is 5.82. The lowest BCUT2D eigenvalue weighted by Crippen LogP contribution is -2.40. The minimum absolute atomic E-state index is 0.0607. The third-order valence-electron chi connectivity index (χ3n) is 5.49. The van der Waals surface area contributed by atoms with Crippen LogP contribution in [-0.4, -0.2) is 29.8 Å². The Labute approximate surface area is 172 Å². The summed E-state index contributed by atoms with van der Waals surface area (Å²) in [6.07, 6.45) is 1.86. The molecule has 1 heterocycles. The van der Waals surface area contributed by atoms with Crippen molar-refractivity contribution in [3.63, 3.8) is 0 Å². The summed E-state index contributed by atoms with van der Waals surface area (Å²) in [5, 5.41) is 2.93. The number of carbonyl (C=O) groups excluding carboxylic acids is 2. The second-order valence-corrected chi connectivity index (χ2v) is 7.90. The van der Waals surface area contributed by atoms with E-state index >= 15 is 0 Å². The van der Waals surface area contributed by atoms with Crippen LogP contribution in [0.2, 0.25) is 0 Å². The van der Waals surface area contributed by atoms with E-state index in [1.807, 2.05) is 43.3 Å². The molecule has 2 unspecified atom stereocenters. The first-order valence-electron chi connectivity index (χ1n) is 10.1. The molecule has 2 aromatic rings. The second-order valence-electron chi connectivity index (χ2n) is 7.90. The predicted molar refractivity (Wildman–Crippen MR) is 114 cm³/mol. The molecule has 29 heavy (non-hydrogen) atoms. The van der Waals surface area contributed by atoms with E-state index in [1.54, 1.807) is 0 Å². The van der Waals surface area contributed by atoms with Gasteiger partial charge in [0.05, 0.1) is 5.92 Å². The van der Waals surface area contributed by atoms with Crippen LogP contribution in [0.3, 0.4) is 0 Å². The van der Waals surface area contributed by atoms with Crippen molar-refractivity contribution in [2.45, 2.75) is 38.9 Å². The molecule has 2 aromatic carbocycles. The van der Waals surface area contributed by atoms with E-state index in [2.05, 4.69) is 22.3 Å². The molecule has 0 radical (unpaired) electrons. The van der Waals surface area contributed by atoms with Gasteiger partial charge in [0.25, 0.3) is 0 Å². The standard InChI is InChI=1S/C23H30N4O2/c1-16-7-9-19(10-8-16)21(24)23(29)26-13-17-4-2-5-18(12-17)14-27-11-3-6-20(15-27)22(25)28/h2,4-5,7-10,12,20-21H,3,6,11,13-15,24H2,1H3,(H2,25,28)(H,26,29). The molecule has 0 aromatic heterocycles. The monoisotopic (exact) mass is 394 g/mol. The maximum atomic E-state index is 12.4. The van der Waals surface area contributed by atoms with Gasteiger partial charge in [-0.2, -0.15) is 0 Å². The van der Waals surface area contributed by atoms with E-state index < -0.39 is 6.04 Å². The fraction of sp³-hybridized carbons (Fsp3) is 0.391. The highest BCUT2D eigenvalue weighted by atomic mass is 16.2. The Morgan fingerprint density at radius 3 is 2.62 bits per heavy atom. The van der Waals surface area contributed by atoms with Crippen LogP contribution >= 0.6 is 0 Å². The molecule has 2 amide bonds. The molecule has 154 valence electrons. The molecule has 0 bridgehead atoms. The summed E-state index contributed by atoms with van der Waals surface area (Å²) < 4.78 is 0. The lowest BCUT2D eigenvalue weighted by atomic mass is 9.97. The Hall–Kier alpha value is -2.70. The van der Waals surface area contributed by atoms with Crippen LogP contribution in [0.4, 0.5) is 0 Å². The van der Waals surface area contributed by atoms with Gasteiger partial charge in [-0.3, -0.25) is 14.5 Å².